The van der Waals surface area contributed by atoms with E-state index in [1.54, 1.807) is 20.3 Å². The van der Waals surface area contributed by atoms with E-state index in [0.717, 1.165) is 5.56 Å². The van der Waals surface area contributed by atoms with Crippen LogP contribution in [0, 0.1) is 6.92 Å². The van der Waals surface area contributed by atoms with Gasteiger partial charge in [-0.25, -0.2) is 0 Å². The Hall–Kier alpha value is -2.20. The molecule has 21 heavy (non-hydrogen) atoms. The maximum atomic E-state index is 10.3. The van der Waals surface area contributed by atoms with Crippen molar-refractivity contribution in [1.29, 1.82) is 0 Å². The van der Waals surface area contributed by atoms with Crippen molar-refractivity contribution >= 4 is 0 Å². The van der Waals surface area contributed by atoms with E-state index < -0.39 is 6.10 Å². The lowest BCUT2D eigenvalue weighted by molar-refractivity contribution is 0.104. The van der Waals surface area contributed by atoms with E-state index in [1.807, 2.05) is 43.3 Å². The summed E-state index contributed by atoms with van der Waals surface area (Å²) in [6, 6.07) is 13.0. The van der Waals surface area contributed by atoms with Crippen LogP contribution < -0.4 is 14.2 Å². The van der Waals surface area contributed by atoms with Gasteiger partial charge in [0, 0.05) is 5.56 Å². The van der Waals surface area contributed by atoms with Crippen molar-refractivity contribution < 1.29 is 19.3 Å². The third-order valence-electron chi connectivity index (χ3n) is 3.21. The highest BCUT2D eigenvalue weighted by Crippen LogP contribution is 2.30. The van der Waals surface area contributed by atoms with Crippen molar-refractivity contribution in [1.82, 2.24) is 0 Å². The minimum atomic E-state index is -0.773. The Kier molecular flexibility index (Phi) is 5.06. The Morgan fingerprint density at radius 1 is 0.952 bits per heavy atom. The molecular formula is C17H20O4. The fraction of sp³-hybridized carbons (Fsp3) is 0.294. The first-order chi connectivity index (χ1) is 10.2. The van der Waals surface area contributed by atoms with Gasteiger partial charge in [0.15, 0.2) is 11.5 Å². The number of para-hydroxylation sites is 2. The number of aryl methyl sites for hydroxylation is 1. The van der Waals surface area contributed by atoms with Crippen LogP contribution in [0.15, 0.2) is 42.5 Å². The van der Waals surface area contributed by atoms with Crippen molar-refractivity contribution in [3.05, 3.63) is 53.6 Å². The highest BCUT2D eigenvalue weighted by atomic mass is 16.5. The van der Waals surface area contributed by atoms with Gasteiger partial charge in [0.05, 0.1) is 14.2 Å². The van der Waals surface area contributed by atoms with Crippen LogP contribution in [0.25, 0.3) is 0 Å². The van der Waals surface area contributed by atoms with Crippen LogP contribution in [0.1, 0.15) is 17.2 Å². The maximum absolute atomic E-state index is 10.3. The summed E-state index contributed by atoms with van der Waals surface area (Å²) in [6.45, 7) is 2.09. The summed E-state index contributed by atoms with van der Waals surface area (Å²) in [5, 5.41) is 10.3. The van der Waals surface area contributed by atoms with Gasteiger partial charge in [0.25, 0.3) is 0 Å². The third-order valence-corrected chi connectivity index (χ3v) is 3.21. The second-order valence-electron chi connectivity index (χ2n) is 4.72. The zero-order valence-corrected chi connectivity index (χ0v) is 12.5. The molecule has 0 saturated heterocycles. The monoisotopic (exact) mass is 288 g/mol. The first kappa shape index (κ1) is 15.2. The van der Waals surface area contributed by atoms with Crippen molar-refractivity contribution in [3.63, 3.8) is 0 Å². The molecule has 0 aliphatic carbocycles. The molecule has 112 valence electrons. The third kappa shape index (κ3) is 3.67. The Morgan fingerprint density at radius 3 is 2.29 bits per heavy atom. The average Bonchev–Trinajstić information content (AvgIpc) is 2.52. The predicted molar refractivity (Wildman–Crippen MR) is 81.2 cm³/mol. The minimum Gasteiger partial charge on any atom is -0.496 e. The minimum absolute atomic E-state index is 0.125. The van der Waals surface area contributed by atoms with Crippen LogP contribution >= 0.6 is 0 Å². The van der Waals surface area contributed by atoms with Gasteiger partial charge in [-0.15, -0.1) is 0 Å². The molecule has 0 spiro atoms. The Labute approximate surface area is 124 Å². The van der Waals surface area contributed by atoms with E-state index in [9.17, 15) is 5.11 Å². The number of rotatable bonds is 6. The normalized spacial score (nSPS) is 11.8. The Balaban J connectivity index is 2.11. The van der Waals surface area contributed by atoms with Crippen molar-refractivity contribution in [2.24, 2.45) is 0 Å². The molecule has 2 aromatic rings. The van der Waals surface area contributed by atoms with Crippen LogP contribution in [0.2, 0.25) is 0 Å². The highest BCUT2D eigenvalue weighted by Gasteiger charge is 2.15. The van der Waals surface area contributed by atoms with Crippen LogP contribution in [-0.2, 0) is 0 Å². The molecule has 0 aromatic heterocycles. The summed E-state index contributed by atoms with van der Waals surface area (Å²) in [5.74, 6) is 1.89. The summed E-state index contributed by atoms with van der Waals surface area (Å²) < 4.78 is 16.1. The zero-order chi connectivity index (χ0) is 15.2. The molecule has 1 unspecified atom stereocenters. The lowest BCUT2D eigenvalue weighted by Gasteiger charge is -2.17. The molecule has 0 aliphatic rings. The number of hydrogen-bond donors (Lipinski definition) is 1. The predicted octanol–water partition coefficient (Wildman–Crippen LogP) is 3.12. The number of hydrogen-bond acceptors (Lipinski definition) is 4. The van der Waals surface area contributed by atoms with Crippen LogP contribution in [0.3, 0.4) is 0 Å². The van der Waals surface area contributed by atoms with Gasteiger partial charge in [-0.05, 0) is 31.2 Å². The Bertz CT molecular complexity index is 595. The zero-order valence-electron chi connectivity index (χ0n) is 12.5. The van der Waals surface area contributed by atoms with Gasteiger partial charge in [0.2, 0.25) is 0 Å². The number of aliphatic hydroxyl groups excluding tert-OH is 1. The fourth-order valence-electron chi connectivity index (χ4n) is 2.11. The Morgan fingerprint density at radius 2 is 1.62 bits per heavy atom. The van der Waals surface area contributed by atoms with E-state index in [1.165, 1.54) is 0 Å². The average molecular weight is 288 g/mol. The standard InChI is InChI=1S/C17H20O4/c1-12-8-9-15(19-2)13(10-12)14(18)11-21-17-7-5-4-6-16(17)20-3/h4-10,14,18H,11H2,1-3H3. The molecule has 4 nitrogen and oxygen atoms in total. The van der Waals surface area contributed by atoms with E-state index in [0.29, 0.717) is 22.8 Å². The topological polar surface area (TPSA) is 47.9 Å². The molecule has 0 saturated carbocycles. The number of benzene rings is 2. The highest BCUT2D eigenvalue weighted by molar-refractivity contribution is 5.40. The van der Waals surface area contributed by atoms with E-state index in [4.69, 9.17) is 14.2 Å². The first-order valence-electron chi connectivity index (χ1n) is 6.74. The summed E-state index contributed by atoms with van der Waals surface area (Å²) >= 11 is 0. The quantitative estimate of drug-likeness (QED) is 0.887. The molecule has 0 aliphatic heterocycles. The second kappa shape index (κ2) is 6.99. The molecule has 0 radical (unpaired) electrons. The van der Waals surface area contributed by atoms with Crippen LogP contribution in [0.5, 0.6) is 17.2 Å². The SMILES string of the molecule is COc1ccccc1OCC(O)c1cc(C)ccc1OC. The summed E-state index contributed by atoms with van der Waals surface area (Å²) in [6.07, 6.45) is -0.773. The van der Waals surface area contributed by atoms with Crippen LogP contribution in [0.4, 0.5) is 0 Å². The lowest BCUT2D eigenvalue weighted by atomic mass is 10.1. The maximum Gasteiger partial charge on any atom is 0.161 e. The molecule has 2 aromatic carbocycles. The van der Waals surface area contributed by atoms with E-state index >= 15 is 0 Å². The molecule has 0 heterocycles. The van der Waals surface area contributed by atoms with Crippen molar-refractivity contribution in [3.8, 4) is 17.2 Å². The summed E-state index contributed by atoms with van der Waals surface area (Å²) in [7, 11) is 3.17. The molecule has 1 atom stereocenters. The van der Waals surface area contributed by atoms with Crippen molar-refractivity contribution in [2.45, 2.75) is 13.0 Å². The number of methoxy groups -OCH3 is 2. The number of ether oxygens (including phenoxy) is 3. The van der Waals surface area contributed by atoms with Gasteiger partial charge in [-0.3, -0.25) is 0 Å². The van der Waals surface area contributed by atoms with Gasteiger partial charge in [-0.2, -0.15) is 0 Å². The van der Waals surface area contributed by atoms with E-state index in [-0.39, 0.29) is 6.61 Å². The van der Waals surface area contributed by atoms with E-state index in [2.05, 4.69) is 0 Å². The molecule has 0 fully saturated rings. The first-order valence-corrected chi connectivity index (χ1v) is 6.74. The molecule has 1 N–H and O–H groups in total. The second-order valence-corrected chi connectivity index (χ2v) is 4.72. The summed E-state index contributed by atoms with van der Waals surface area (Å²) in [4.78, 5) is 0. The van der Waals surface area contributed by atoms with Gasteiger partial charge >= 0.3 is 0 Å². The lowest BCUT2D eigenvalue weighted by Crippen LogP contribution is -2.11. The fourth-order valence-corrected chi connectivity index (χ4v) is 2.11. The molecular weight excluding hydrogens is 268 g/mol. The van der Waals surface area contributed by atoms with Crippen molar-refractivity contribution in [2.75, 3.05) is 20.8 Å². The summed E-state index contributed by atoms with van der Waals surface area (Å²) in [5.41, 5.74) is 1.77. The van der Waals surface area contributed by atoms with Gasteiger partial charge in [0.1, 0.15) is 18.5 Å². The van der Waals surface area contributed by atoms with Gasteiger partial charge < -0.3 is 19.3 Å². The molecule has 2 rings (SSSR count). The van der Waals surface area contributed by atoms with Crippen LogP contribution in [-0.4, -0.2) is 25.9 Å². The smallest absolute Gasteiger partial charge is 0.161 e. The molecule has 4 heteroatoms. The van der Waals surface area contributed by atoms with Gasteiger partial charge in [-0.1, -0.05) is 23.8 Å². The largest absolute Gasteiger partial charge is 0.496 e. The molecule has 0 bridgehead atoms. The molecule has 0 amide bonds. The number of aliphatic hydroxyl groups is 1.